The van der Waals surface area contributed by atoms with Gasteiger partial charge in [-0.3, -0.25) is 0 Å². The minimum absolute atomic E-state index is 0.0194. The SMILES string of the molecule is CCCNC(=O)Nc1ccc(C(N)=S)c(C(F)(F)F)c1. The van der Waals surface area contributed by atoms with Gasteiger partial charge in [-0.25, -0.2) is 4.79 Å². The summed E-state index contributed by atoms with van der Waals surface area (Å²) < 4.78 is 38.7. The standard InChI is InChI=1S/C12H14F3N3OS/c1-2-5-17-11(19)18-7-3-4-8(10(16)20)9(6-7)12(13,14)15/h3-4,6H,2,5H2,1H3,(H2,16,20)(H2,17,18,19). The highest BCUT2D eigenvalue weighted by Gasteiger charge is 2.34. The molecule has 20 heavy (non-hydrogen) atoms. The Morgan fingerprint density at radius 3 is 2.55 bits per heavy atom. The largest absolute Gasteiger partial charge is 0.417 e. The van der Waals surface area contributed by atoms with Crippen molar-refractivity contribution in [3.05, 3.63) is 29.3 Å². The van der Waals surface area contributed by atoms with Crippen molar-refractivity contribution in [1.29, 1.82) is 0 Å². The van der Waals surface area contributed by atoms with Gasteiger partial charge in [0, 0.05) is 17.8 Å². The van der Waals surface area contributed by atoms with Gasteiger partial charge in [-0.15, -0.1) is 0 Å². The van der Waals surface area contributed by atoms with Crippen molar-refractivity contribution in [3.63, 3.8) is 0 Å². The Bertz CT molecular complexity index is 517. The number of nitrogens with one attached hydrogen (secondary N) is 2. The molecule has 0 fully saturated rings. The van der Waals surface area contributed by atoms with E-state index >= 15 is 0 Å². The maximum atomic E-state index is 12.9. The Morgan fingerprint density at radius 2 is 2.05 bits per heavy atom. The zero-order valence-electron chi connectivity index (χ0n) is 10.7. The van der Waals surface area contributed by atoms with Crippen LogP contribution < -0.4 is 16.4 Å². The number of anilines is 1. The van der Waals surface area contributed by atoms with Gasteiger partial charge in [0.05, 0.1) is 5.56 Å². The highest BCUT2D eigenvalue weighted by Crippen LogP contribution is 2.33. The van der Waals surface area contributed by atoms with Crippen LogP contribution in [0.2, 0.25) is 0 Å². The minimum atomic E-state index is -4.60. The summed E-state index contributed by atoms with van der Waals surface area (Å²) >= 11 is 4.58. The summed E-state index contributed by atoms with van der Waals surface area (Å²) in [7, 11) is 0. The molecule has 0 aliphatic carbocycles. The van der Waals surface area contributed by atoms with E-state index in [2.05, 4.69) is 22.9 Å². The van der Waals surface area contributed by atoms with Gasteiger partial charge in [-0.05, 0) is 24.6 Å². The highest BCUT2D eigenvalue weighted by atomic mass is 32.1. The fourth-order valence-electron chi connectivity index (χ4n) is 1.49. The van der Waals surface area contributed by atoms with Gasteiger partial charge < -0.3 is 16.4 Å². The molecule has 110 valence electrons. The van der Waals surface area contributed by atoms with Gasteiger partial charge in [-0.2, -0.15) is 13.2 Å². The molecule has 4 nitrogen and oxygen atoms in total. The van der Waals surface area contributed by atoms with E-state index in [0.717, 1.165) is 18.6 Å². The number of rotatable bonds is 4. The van der Waals surface area contributed by atoms with Crippen LogP contribution >= 0.6 is 12.2 Å². The average molecular weight is 305 g/mol. The zero-order valence-corrected chi connectivity index (χ0v) is 11.5. The smallest absolute Gasteiger partial charge is 0.389 e. The molecular weight excluding hydrogens is 291 g/mol. The van der Waals surface area contributed by atoms with Crippen LogP contribution in [0.15, 0.2) is 18.2 Å². The summed E-state index contributed by atoms with van der Waals surface area (Å²) in [5, 5.41) is 4.82. The number of nitrogens with two attached hydrogens (primary N) is 1. The summed E-state index contributed by atoms with van der Waals surface area (Å²) in [5.41, 5.74) is 4.03. The number of hydrogen-bond acceptors (Lipinski definition) is 2. The molecule has 1 aromatic carbocycles. The summed E-state index contributed by atoms with van der Waals surface area (Å²) in [5.74, 6) is 0. The quantitative estimate of drug-likeness (QED) is 0.749. The van der Waals surface area contributed by atoms with Gasteiger partial charge in [0.25, 0.3) is 0 Å². The molecule has 0 bridgehead atoms. The number of halogens is 3. The van der Waals surface area contributed by atoms with Crippen molar-refractivity contribution in [2.75, 3.05) is 11.9 Å². The van der Waals surface area contributed by atoms with Crippen molar-refractivity contribution in [1.82, 2.24) is 5.32 Å². The number of benzene rings is 1. The number of amides is 2. The lowest BCUT2D eigenvalue weighted by Crippen LogP contribution is -2.29. The lowest BCUT2D eigenvalue weighted by atomic mass is 10.1. The fraction of sp³-hybridized carbons (Fsp3) is 0.333. The van der Waals surface area contributed by atoms with E-state index in [-0.39, 0.29) is 16.2 Å². The second-order valence-corrected chi connectivity index (χ2v) is 4.44. The third kappa shape index (κ3) is 4.37. The Kier molecular flexibility index (Phi) is 5.32. The molecular formula is C12H14F3N3OS. The predicted molar refractivity (Wildman–Crippen MR) is 74.6 cm³/mol. The molecule has 0 aliphatic heterocycles. The molecule has 1 rings (SSSR count). The van der Waals surface area contributed by atoms with Gasteiger partial charge in [0.15, 0.2) is 0 Å². The molecule has 0 heterocycles. The van der Waals surface area contributed by atoms with Crippen LogP contribution in [0.25, 0.3) is 0 Å². The Morgan fingerprint density at radius 1 is 1.40 bits per heavy atom. The molecule has 0 aliphatic rings. The Balaban J connectivity index is 3.01. The van der Waals surface area contributed by atoms with E-state index in [9.17, 15) is 18.0 Å². The molecule has 1 aromatic rings. The maximum absolute atomic E-state index is 12.9. The predicted octanol–water partition coefficient (Wildman–Crippen LogP) is 2.87. The maximum Gasteiger partial charge on any atom is 0.417 e. The average Bonchev–Trinajstić information content (AvgIpc) is 2.35. The van der Waals surface area contributed by atoms with Crippen molar-refractivity contribution in [3.8, 4) is 0 Å². The van der Waals surface area contributed by atoms with Gasteiger partial charge in [0.2, 0.25) is 0 Å². The molecule has 0 atom stereocenters. The topological polar surface area (TPSA) is 67.2 Å². The molecule has 0 unspecified atom stereocenters. The normalized spacial score (nSPS) is 11.0. The first-order chi connectivity index (χ1) is 9.25. The first-order valence-corrected chi connectivity index (χ1v) is 6.22. The van der Waals surface area contributed by atoms with Crippen LogP contribution in [0.1, 0.15) is 24.5 Å². The van der Waals surface area contributed by atoms with Crippen molar-refractivity contribution < 1.29 is 18.0 Å². The second kappa shape index (κ2) is 6.56. The number of urea groups is 1. The van der Waals surface area contributed by atoms with Crippen LogP contribution in [0.5, 0.6) is 0 Å². The number of hydrogen-bond donors (Lipinski definition) is 3. The zero-order chi connectivity index (χ0) is 15.3. The molecule has 0 spiro atoms. The van der Waals surface area contributed by atoms with Gasteiger partial charge >= 0.3 is 12.2 Å². The third-order valence-corrected chi connectivity index (χ3v) is 2.60. The van der Waals surface area contributed by atoms with E-state index < -0.39 is 17.8 Å². The number of thiocarbonyl (C=S) groups is 1. The van der Waals surface area contributed by atoms with Crippen LogP contribution in [-0.4, -0.2) is 17.6 Å². The van der Waals surface area contributed by atoms with Crippen LogP contribution in [0.4, 0.5) is 23.7 Å². The van der Waals surface area contributed by atoms with E-state index in [1.165, 1.54) is 6.07 Å². The third-order valence-electron chi connectivity index (χ3n) is 2.38. The molecule has 2 amide bonds. The Labute approximate surface area is 119 Å². The van der Waals surface area contributed by atoms with Gasteiger partial charge in [0.1, 0.15) is 4.99 Å². The summed E-state index contributed by atoms with van der Waals surface area (Å²) in [4.78, 5) is 11.0. The van der Waals surface area contributed by atoms with E-state index in [1.54, 1.807) is 0 Å². The number of carbonyl (C=O) groups excluding carboxylic acids is 1. The number of alkyl halides is 3. The van der Waals surface area contributed by atoms with E-state index in [4.69, 9.17) is 5.73 Å². The molecule has 0 saturated carbocycles. The lowest BCUT2D eigenvalue weighted by Gasteiger charge is -2.14. The molecule has 0 aromatic heterocycles. The summed E-state index contributed by atoms with van der Waals surface area (Å²) in [6.45, 7) is 2.29. The van der Waals surface area contributed by atoms with Crippen LogP contribution in [0.3, 0.4) is 0 Å². The molecule has 4 N–H and O–H groups in total. The van der Waals surface area contributed by atoms with E-state index in [1.807, 2.05) is 6.92 Å². The van der Waals surface area contributed by atoms with Gasteiger partial charge in [-0.1, -0.05) is 19.1 Å². The van der Waals surface area contributed by atoms with Crippen molar-refractivity contribution in [2.45, 2.75) is 19.5 Å². The summed E-state index contributed by atoms with van der Waals surface area (Å²) in [6, 6.07) is 2.69. The molecule has 8 heteroatoms. The summed E-state index contributed by atoms with van der Waals surface area (Å²) in [6.07, 6.45) is -3.88. The first kappa shape index (κ1) is 16.2. The van der Waals surface area contributed by atoms with Crippen molar-refractivity contribution >= 4 is 28.9 Å². The van der Waals surface area contributed by atoms with Crippen LogP contribution in [0, 0.1) is 0 Å². The minimum Gasteiger partial charge on any atom is -0.389 e. The Hall–Kier alpha value is -1.83. The fourth-order valence-corrected chi connectivity index (χ4v) is 1.66. The second-order valence-electron chi connectivity index (χ2n) is 4.00. The molecule has 0 saturated heterocycles. The number of carbonyl (C=O) groups is 1. The first-order valence-electron chi connectivity index (χ1n) is 5.81. The lowest BCUT2D eigenvalue weighted by molar-refractivity contribution is -0.137. The monoisotopic (exact) mass is 305 g/mol. The molecule has 0 radical (unpaired) electrons. The van der Waals surface area contributed by atoms with Crippen molar-refractivity contribution in [2.24, 2.45) is 5.73 Å². The highest BCUT2D eigenvalue weighted by molar-refractivity contribution is 7.80. The van der Waals surface area contributed by atoms with Crippen LogP contribution in [-0.2, 0) is 6.18 Å². The van der Waals surface area contributed by atoms with E-state index in [0.29, 0.717) is 6.54 Å².